The molecule has 0 amide bonds. The van der Waals surface area contributed by atoms with E-state index >= 15 is 0 Å². The predicted molar refractivity (Wildman–Crippen MR) is 161 cm³/mol. The molecule has 11 heteroatoms. The molecule has 0 saturated carbocycles. The Balaban J connectivity index is 1.33. The predicted octanol–water partition coefficient (Wildman–Crippen LogP) is 5.86. The Labute approximate surface area is 251 Å². The number of likely N-dealkylation sites (tertiary alicyclic amines) is 1. The summed E-state index contributed by atoms with van der Waals surface area (Å²) >= 11 is 12.6. The van der Waals surface area contributed by atoms with Gasteiger partial charge in [-0.05, 0) is 81.2 Å². The Morgan fingerprint density at radius 3 is 2.39 bits per heavy atom. The van der Waals surface area contributed by atoms with Crippen molar-refractivity contribution in [1.82, 2.24) is 24.8 Å². The summed E-state index contributed by atoms with van der Waals surface area (Å²) < 4.78 is 6.13. The Bertz CT molecular complexity index is 1310. The Morgan fingerprint density at radius 2 is 1.71 bits per heavy atom. The van der Waals surface area contributed by atoms with Crippen molar-refractivity contribution in [2.24, 2.45) is 5.92 Å². The Hall–Kier alpha value is -2.98. The van der Waals surface area contributed by atoms with Gasteiger partial charge in [0.1, 0.15) is 5.82 Å². The molecule has 1 N–H and O–H groups in total. The smallest absolute Gasteiger partial charge is 0.303 e. The van der Waals surface area contributed by atoms with Crippen LogP contribution in [-0.2, 0) is 11.3 Å². The van der Waals surface area contributed by atoms with Gasteiger partial charge in [-0.1, -0.05) is 30.1 Å². The van der Waals surface area contributed by atoms with Crippen molar-refractivity contribution in [3.05, 3.63) is 58.3 Å². The fourth-order valence-electron chi connectivity index (χ4n) is 5.55. The maximum absolute atomic E-state index is 11.1. The lowest BCUT2D eigenvalue weighted by Crippen LogP contribution is -2.33. The molecule has 2 aliphatic rings. The molecule has 0 unspecified atom stereocenters. The molecule has 2 aromatic heterocycles. The van der Waals surface area contributed by atoms with Gasteiger partial charge in [-0.3, -0.25) is 9.69 Å². The highest BCUT2D eigenvalue weighted by Gasteiger charge is 2.22. The normalized spacial score (nSPS) is 17.4. The Kier molecular flexibility index (Phi) is 9.92. The van der Waals surface area contributed by atoms with E-state index in [9.17, 15) is 4.79 Å². The van der Waals surface area contributed by atoms with Crippen LogP contribution in [0.3, 0.4) is 0 Å². The van der Waals surface area contributed by atoms with Crippen LogP contribution < -0.4 is 9.64 Å². The van der Waals surface area contributed by atoms with Crippen LogP contribution in [0.4, 0.5) is 5.82 Å². The molecule has 218 valence electrons. The number of pyridine rings is 1. The van der Waals surface area contributed by atoms with E-state index in [1.165, 1.54) is 0 Å². The van der Waals surface area contributed by atoms with E-state index in [2.05, 4.69) is 31.6 Å². The fourth-order valence-corrected chi connectivity index (χ4v) is 6.08. The first-order chi connectivity index (χ1) is 19.8. The fraction of sp³-hybridized carbons (Fsp3) is 0.467. The molecule has 3 aromatic rings. The number of carboxylic acid groups (broad SMARTS) is 1. The summed E-state index contributed by atoms with van der Waals surface area (Å²) in [6.45, 7) is 9.62. The number of ether oxygens (including phenoxy) is 1. The van der Waals surface area contributed by atoms with Crippen LogP contribution in [0.5, 0.6) is 11.8 Å². The standard InChI is InChI=1S/C30H36Cl2N6O3/c1-2-36-6-3-7-38(11-10-36)27-18-34-29(19-33-27)41-28-13-22(20-37-8-4-21(5-9-37)14-30(39)40)12-26(35-28)23-15-24(31)17-25(32)16-23/h12-13,15-19,21H,2-11,14,20H2,1H3,(H,39,40). The summed E-state index contributed by atoms with van der Waals surface area (Å²) in [4.78, 5) is 32.1. The van der Waals surface area contributed by atoms with Gasteiger partial charge in [-0.2, -0.15) is 0 Å². The third-order valence-corrected chi connectivity index (χ3v) is 8.22. The average molecular weight is 600 g/mol. The maximum Gasteiger partial charge on any atom is 0.303 e. The number of anilines is 1. The quantitative estimate of drug-likeness (QED) is 0.325. The molecular formula is C30H36Cl2N6O3. The molecule has 41 heavy (non-hydrogen) atoms. The van der Waals surface area contributed by atoms with E-state index in [1.807, 2.05) is 24.3 Å². The minimum absolute atomic E-state index is 0.227. The topological polar surface area (TPSA) is 94.9 Å². The molecule has 0 spiro atoms. The molecule has 0 radical (unpaired) electrons. The zero-order chi connectivity index (χ0) is 28.8. The number of benzene rings is 1. The van der Waals surface area contributed by atoms with Crippen molar-refractivity contribution in [2.75, 3.05) is 50.7 Å². The molecule has 5 rings (SSSR count). The number of hydrogen-bond acceptors (Lipinski definition) is 8. The number of hydrogen-bond donors (Lipinski definition) is 1. The van der Waals surface area contributed by atoms with Crippen molar-refractivity contribution >= 4 is 35.0 Å². The minimum Gasteiger partial charge on any atom is -0.481 e. The molecular weight excluding hydrogens is 563 g/mol. The number of rotatable bonds is 9. The van der Waals surface area contributed by atoms with Gasteiger partial charge < -0.3 is 19.6 Å². The lowest BCUT2D eigenvalue weighted by atomic mass is 9.93. The zero-order valence-electron chi connectivity index (χ0n) is 23.3. The number of carbonyl (C=O) groups is 1. The molecule has 4 heterocycles. The van der Waals surface area contributed by atoms with E-state index in [0.29, 0.717) is 34.0 Å². The lowest BCUT2D eigenvalue weighted by molar-refractivity contribution is -0.138. The summed E-state index contributed by atoms with van der Waals surface area (Å²) in [7, 11) is 0. The number of piperidine rings is 1. The molecule has 0 aliphatic carbocycles. The molecule has 9 nitrogen and oxygen atoms in total. The number of halogens is 2. The van der Waals surface area contributed by atoms with Gasteiger partial charge >= 0.3 is 5.97 Å². The van der Waals surface area contributed by atoms with Gasteiger partial charge in [0.05, 0.1) is 18.1 Å². The second-order valence-electron chi connectivity index (χ2n) is 10.8. The van der Waals surface area contributed by atoms with Gasteiger partial charge in [-0.15, -0.1) is 0 Å². The van der Waals surface area contributed by atoms with E-state index in [4.69, 9.17) is 38.0 Å². The number of carboxylic acids is 1. The van der Waals surface area contributed by atoms with Crippen molar-refractivity contribution < 1.29 is 14.6 Å². The summed E-state index contributed by atoms with van der Waals surface area (Å²) in [5, 5.41) is 10.2. The van der Waals surface area contributed by atoms with Gasteiger partial charge in [0, 0.05) is 54.3 Å². The van der Waals surface area contributed by atoms with Crippen molar-refractivity contribution in [3.8, 4) is 23.0 Å². The first-order valence-corrected chi connectivity index (χ1v) is 15.0. The van der Waals surface area contributed by atoms with Gasteiger partial charge in [0.2, 0.25) is 11.8 Å². The van der Waals surface area contributed by atoms with Gasteiger partial charge in [0.15, 0.2) is 0 Å². The van der Waals surface area contributed by atoms with Gasteiger partial charge in [-0.25, -0.2) is 15.0 Å². The first-order valence-electron chi connectivity index (χ1n) is 14.2. The SMILES string of the molecule is CCN1CCCN(c2cnc(Oc3cc(CN4CCC(CC(=O)O)CC4)cc(-c4cc(Cl)cc(Cl)c4)n3)cn2)CC1. The highest BCUT2D eigenvalue weighted by atomic mass is 35.5. The third kappa shape index (κ3) is 8.29. The van der Waals surface area contributed by atoms with Crippen LogP contribution in [0.1, 0.15) is 38.2 Å². The number of aliphatic carboxylic acids is 1. The molecule has 1 aromatic carbocycles. The monoisotopic (exact) mass is 598 g/mol. The van der Waals surface area contributed by atoms with Crippen LogP contribution in [-0.4, -0.2) is 81.6 Å². The van der Waals surface area contributed by atoms with E-state index < -0.39 is 5.97 Å². The van der Waals surface area contributed by atoms with Crippen molar-refractivity contribution in [1.29, 1.82) is 0 Å². The van der Waals surface area contributed by atoms with Crippen LogP contribution in [0, 0.1) is 5.92 Å². The summed E-state index contributed by atoms with van der Waals surface area (Å²) in [6.07, 6.45) is 6.47. The van der Waals surface area contributed by atoms with E-state index in [1.54, 1.807) is 18.5 Å². The van der Waals surface area contributed by atoms with E-state index in [0.717, 1.165) is 82.0 Å². The van der Waals surface area contributed by atoms with Crippen LogP contribution in [0.15, 0.2) is 42.7 Å². The first kappa shape index (κ1) is 29.5. The van der Waals surface area contributed by atoms with Gasteiger partial charge in [0.25, 0.3) is 0 Å². The molecule has 0 atom stereocenters. The number of likely N-dealkylation sites (N-methyl/N-ethyl adjacent to an activating group) is 1. The van der Waals surface area contributed by atoms with Crippen molar-refractivity contribution in [3.63, 3.8) is 0 Å². The highest BCUT2D eigenvalue weighted by molar-refractivity contribution is 6.35. The Morgan fingerprint density at radius 1 is 0.927 bits per heavy atom. The van der Waals surface area contributed by atoms with E-state index in [-0.39, 0.29) is 12.3 Å². The van der Waals surface area contributed by atoms with Crippen LogP contribution >= 0.6 is 23.2 Å². The highest BCUT2D eigenvalue weighted by Crippen LogP contribution is 2.31. The number of nitrogens with zero attached hydrogens (tertiary/aromatic N) is 6. The van der Waals surface area contributed by atoms with Crippen LogP contribution in [0.2, 0.25) is 10.0 Å². The number of aromatic nitrogens is 3. The minimum atomic E-state index is -0.727. The lowest BCUT2D eigenvalue weighted by Gasteiger charge is -2.31. The average Bonchev–Trinajstić information content (AvgIpc) is 3.20. The molecule has 0 bridgehead atoms. The van der Waals surface area contributed by atoms with Crippen LogP contribution in [0.25, 0.3) is 11.3 Å². The largest absolute Gasteiger partial charge is 0.481 e. The summed E-state index contributed by atoms with van der Waals surface area (Å²) in [6, 6.07) is 9.29. The molecule has 2 fully saturated rings. The molecule has 2 saturated heterocycles. The third-order valence-electron chi connectivity index (χ3n) is 7.78. The zero-order valence-corrected chi connectivity index (χ0v) is 24.8. The summed E-state index contributed by atoms with van der Waals surface area (Å²) in [5.41, 5.74) is 2.50. The molecule has 2 aliphatic heterocycles. The maximum atomic E-state index is 11.1. The van der Waals surface area contributed by atoms with Crippen molar-refractivity contribution in [2.45, 2.75) is 39.2 Å². The second kappa shape index (κ2) is 13.8. The summed E-state index contributed by atoms with van der Waals surface area (Å²) in [5.74, 6) is 1.12. The second-order valence-corrected chi connectivity index (χ2v) is 11.6.